The summed E-state index contributed by atoms with van der Waals surface area (Å²) < 4.78 is 16.8. The molecule has 0 spiro atoms. The van der Waals surface area contributed by atoms with E-state index in [1.807, 2.05) is 0 Å². The topological polar surface area (TPSA) is 78.9 Å². The molecule has 0 heterocycles. The van der Waals surface area contributed by atoms with E-state index in [0.29, 0.717) is 19.3 Å². The Kier molecular flexibility index (Phi) is 57.4. The summed E-state index contributed by atoms with van der Waals surface area (Å²) in [7, 11) is 0. The van der Waals surface area contributed by atoms with Crippen molar-refractivity contribution in [3.05, 3.63) is 109 Å². The van der Waals surface area contributed by atoms with Crippen molar-refractivity contribution in [2.24, 2.45) is 0 Å². The zero-order valence-corrected chi connectivity index (χ0v) is 47.6. The molecule has 0 saturated heterocycles. The average Bonchev–Trinajstić information content (AvgIpc) is 3.39. The minimum Gasteiger partial charge on any atom is -0.462 e. The molecule has 0 aromatic heterocycles. The first kappa shape index (κ1) is 69.1. The van der Waals surface area contributed by atoms with Gasteiger partial charge in [-0.15, -0.1) is 0 Å². The van der Waals surface area contributed by atoms with Gasteiger partial charge in [-0.3, -0.25) is 14.4 Å². The van der Waals surface area contributed by atoms with E-state index in [1.165, 1.54) is 109 Å². The van der Waals surface area contributed by atoms with Crippen LogP contribution in [0.5, 0.6) is 0 Å². The number of rotatable bonds is 54. The molecular weight excluding hydrogens is 901 g/mol. The summed E-state index contributed by atoms with van der Waals surface area (Å²) in [5.74, 6) is -0.904. The van der Waals surface area contributed by atoms with Gasteiger partial charge in [0.25, 0.3) is 0 Å². The van der Waals surface area contributed by atoms with Crippen LogP contribution in [0, 0.1) is 0 Å². The number of hydrogen-bond acceptors (Lipinski definition) is 6. The third-order valence-corrected chi connectivity index (χ3v) is 12.8. The Labute approximate surface area is 450 Å². The third kappa shape index (κ3) is 58.8. The molecular formula is C67H112O6. The number of hydrogen-bond donors (Lipinski definition) is 0. The molecule has 0 rings (SSSR count). The second-order valence-corrected chi connectivity index (χ2v) is 19.9. The first-order chi connectivity index (χ1) is 36.0. The van der Waals surface area contributed by atoms with Crippen molar-refractivity contribution in [3.63, 3.8) is 0 Å². The van der Waals surface area contributed by atoms with Crippen molar-refractivity contribution in [2.45, 2.75) is 284 Å². The highest BCUT2D eigenvalue weighted by Gasteiger charge is 2.19. The Morgan fingerprint density at radius 2 is 0.534 bits per heavy atom. The van der Waals surface area contributed by atoms with Crippen LogP contribution in [0.25, 0.3) is 0 Å². The summed E-state index contributed by atoms with van der Waals surface area (Å²) in [5.41, 5.74) is 0. The highest BCUT2D eigenvalue weighted by Crippen LogP contribution is 2.15. The van der Waals surface area contributed by atoms with Gasteiger partial charge >= 0.3 is 17.9 Å². The van der Waals surface area contributed by atoms with Gasteiger partial charge in [0.05, 0.1) is 0 Å². The molecule has 6 heteroatoms. The van der Waals surface area contributed by atoms with Crippen LogP contribution in [0.15, 0.2) is 109 Å². The van der Waals surface area contributed by atoms with Gasteiger partial charge in [0.2, 0.25) is 0 Å². The molecule has 0 aliphatic rings. The lowest BCUT2D eigenvalue weighted by molar-refractivity contribution is -0.167. The maximum absolute atomic E-state index is 12.8. The normalized spacial score (nSPS) is 12.9. The fourth-order valence-corrected chi connectivity index (χ4v) is 8.22. The van der Waals surface area contributed by atoms with Gasteiger partial charge in [-0.05, 0) is 109 Å². The summed E-state index contributed by atoms with van der Waals surface area (Å²) in [5, 5.41) is 0. The molecule has 0 amide bonds. The highest BCUT2D eigenvalue weighted by atomic mass is 16.6. The van der Waals surface area contributed by atoms with Gasteiger partial charge in [0.1, 0.15) is 13.2 Å². The molecule has 1 unspecified atom stereocenters. The van der Waals surface area contributed by atoms with E-state index in [4.69, 9.17) is 14.2 Å². The average molecular weight is 1010 g/mol. The zero-order valence-electron chi connectivity index (χ0n) is 47.6. The maximum Gasteiger partial charge on any atom is 0.306 e. The molecule has 0 radical (unpaired) electrons. The second-order valence-electron chi connectivity index (χ2n) is 19.9. The number of ether oxygens (including phenoxy) is 3. The first-order valence-corrected chi connectivity index (χ1v) is 30.4. The van der Waals surface area contributed by atoms with Crippen LogP contribution in [0.4, 0.5) is 0 Å². The summed E-state index contributed by atoms with van der Waals surface area (Å²) in [6.07, 6.45) is 82.5. The monoisotopic (exact) mass is 1010 g/mol. The molecule has 0 aromatic carbocycles. The molecule has 416 valence electrons. The minimum absolute atomic E-state index is 0.0827. The molecule has 0 saturated carbocycles. The number of esters is 3. The molecule has 0 aliphatic carbocycles. The number of carbonyl (C=O) groups is 3. The summed E-state index contributed by atoms with van der Waals surface area (Å²) in [6, 6.07) is 0. The Morgan fingerprint density at radius 3 is 0.849 bits per heavy atom. The third-order valence-electron chi connectivity index (χ3n) is 12.8. The summed E-state index contributed by atoms with van der Waals surface area (Å²) >= 11 is 0. The van der Waals surface area contributed by atoms with Crippen molar-refractivity contribution in [1.29, 1.82) is 0 Å². The smallest absolute Gasteiger partial charge is 0.306 e. The quantitative estimate of drug-likeness (QED) is 0.0261. The van der Waals surface area contributed by atoms with Gasteiger partial charge in [-0.25, -0.2) is 0 Å². The molecule has 1 atom stereocenters. The predicted molar refractivity (Wildman–Crippen MR) is 316 cm³/mol. The van der Waals surface area contributed by atoms with Crippen molar-refractivity contribution in [1.82, 2.24) is 0 Å². The molecule has 0 bridgehead atoms. The number of allylic oxidation sites excluding steroid dienone is 18. The van der Waals surface area contributed by atoms with Gasteiger partial charge in [-0.1, -0.05) is 259 Å². The number of carbonyl (C=O) groups excluding carboxylic acids is 3. The number of unbranched alkanes of at least 4 members (excludes halogenated alkanes) is 25. The van der Waals surface area contributed by atoms with Crippen LogP contribution in [-0.2, 0) is 28.6 Å². The Morgan fingerprint density at radius 1 is 0.288 bits per heavy atom. The molecule has 0 aromatic rings. The van der Waals surface area contributed by atoms with E-state index in [2.05, 4.69) is 130 Å². The Hall–Kier alpha value is -3.93. The maximum atomic E-state index is 12.8. The van der Waals surface area contributed by atoms with Crippen LogP contribution in [0.1, 0.15) is 278 Å². The largest absolute Gasteiger partial charge is 0.462 e. The van der Waals surface area contributed by atoms with Crippen LogP contribution in [-0.4, -0.2) is 37.2 Å². The Bertz CT molecular complexity index is 1490. The van der Waals surface area contributed by atoms with Crippen LogP contribution in [0.3, 0.4) is 0 Å². The lowest BCUT2D eigenvalue weighted by Crippen LogP contribution is -2.30. The molecule has 0 N–H and O–H groups in total. The second kappa shape index (κ2) is 60.6. The summed E-state index contributed by atoms with van der Waals surface area (Å²) in [4.78, 5) is 38.0. The van der Waals surface area contributed by atoms with E-state index < -0.39 is 6.10 Å². The SMILES string of the molecule is CC/C=C\C/C=C\C/C=C\C/C=C\C/C=C\C/C=C\C/C=C\C/C=C\CCCCCCCCCCC(=O)OCC(COC(=O)CCCCCCCCC)OC(=O)CCCCCCC/C=C\CCCCCCCC. The minimum atomic E-state index is -0.783. The van der Waals surface area contributed by atoms with E-state index in [9.17, 15) is 14.4 Å². The zero-order chi connectivity index (χ0) is 52.9. The molecule has 73 heavy (non-hydrogen) atoms. The standard InChI is InChI=1S/C67H112O6/c1-4-7-10-13-16-18-20-22-24-25-26-27-28-29-30-31-32-33-34-35-36-37-38-39-40-41-43-44-46-48-51-54-57-60-66(69)72-63-64(62-71-65(68)59-56-53-50-15-12-9-6-3)73-67(70)61-58-55-52-49-47-45-42-23-21-19-17-14-11-8-5-2/h7,10,16,18,22-24,26-27,29-30,32-33,35-36,38-39,42,64H,4-6,8-9,11-15,17,19-21,25,28,31,34,37,40-41,43-63H2,1-3H3/b10-7-,18-16-,24-22-,27-26-,30-29-,33-32-,36-35-,39-38-,42-23-. The van der Waals surface area contributed by atoms with Crippen molar-refractivity contribution in [2.75, 3.05) is 13.2 Å². The van der Waals surface area contributed by atoms with Gasteiger partial charge in [-0.2, -0.15) is 0 Å². The van der Waals surface area contributed by atoms with E-state index >= 15 is 0 Å². The highest BCUT2D eigenvalue weighted by molar-refractivity contribution is 5.71. The lowest BCUT2D eigenvalue weighted by Gasteiger charge is -2.18. The van der Waals surface area contributed by atoms with Crippen LogP contribution >= 0.6 is 0 Å². The Balaban J connectivity index is 4.14. The van der Waals surface area contributed by atoms with Gasteiger partial charge < -0.3 is 14.2 Å². The van der Waals surface area contributed by atoms with Crippen LogP contribution < -0.4 is 0 Å². The fraction of sp³-hybridized carbons (Fsp3) is 0.687. The van der Waals surface area contributed by atoms with Crippen molar-refractivity contribution in [3.8, 4) is 0 Å². The van der Waals surface area contributed by atoms with Crippen molar-refractivity contribution < 1.29 is 28.6 Å². The first-order valence-electron chi connectivity index (χ1n) is 30.4. The predicted octanol–water partition coefficient (Wildman–Crippen LogP) is 20.7. The van der Waals surface area contributed by atoms with Gasteiger partial charge in [0.15, 0.2) is 6.10 Å². The van der Waals surface area contributed by atoms with Crippen molar-refractivity contribution >= 4 is 17.9 Å². The van der Waals surface area contributed by atoms with Gasteiger partial charge in [0, 0.05) is 19.3 Å². The molecule has 0 fully saturated rings. The molecule has 0 aliphatic heterocycles. The van der Waals surface area contributed by atoms with Crippen LogP contribution in [0.2, 0.25) is 0 Å². The molecule has 6 nitrogen and oxygen atoms in total. The fourth-order valence-electron chi connectivity index (χ4n) is 8.22. The van der Waals surface area contributed by atoms with E-state index in [1.54, 1.807) is 0 Å². The van der Waals surface area contributed by atoms with E-state index in [-0.39, 0.29) is 31.1 Å². The summed E-state index contributed by atoms with van der Waals surface area (Å²) in [6.45, 7) is 6.47. The van der Waals surface area contributed by atoms with E-state index in [0.717, 1.165) is 128 Å². The lowest BCUT2D eigenvalue weighted by atomic mass is 10.1.